The van der Waals surface area contributed by atoms with E-state index in [2.05, 4.69) is 34.6 Å². The predicted octanol–water partition coefficient (Wildman–Crippen LogP) is 4.45. The van der Waals surface area contributed by atoms with Crippen molar-refractivity contribution in [3.63, 3.8) is 0 Å². The summed E-state index contributed by atoms with van der Waals surface area (Å²) in [5.41, 5.74) is 4.48. The lowest BCUT2D eigenvalue weighted by atomic mass is 10.1. The molecule has 1 heterocycles. The zero-order valence-electron chi connectivity index (χ0n) is 11.8. The van der Waals surface area contributed by atoms with Crippen molar-refractivity contribution >= 4 is 17.3 Å². The molecule has 3 nitrogen and oxygen atoms in total. The van der Waals surface area contributed by atoms with Crippen LogP contribution < -0.4 is 5.32 Å². The molecule has 0 atom stereocenters. The number of nitrogens with zero attached hydrogens (tertiary/aromatic N) is 2. The minimum Gasteiger partial charge on any atom is -0.381 e. The van der Waals surface area contributed by atoms with Crippen molar-refractivity contribution in [2.24, 2.45) is 0 Å². The molecule has 0 aliphatic heterocycles. The third-order valence-corrected chi connectivity index (χ3v) is 3.90. The summed E-state index contributed by atoms with van der Waals surface area (Å²) < 4.78 is 1.98. The quantitative estimate of drug-likeness (QED) is 0.771. The second kappa shape index (κ2) is 6.02. The molecule has 0 radical (unpaired) electrons. The van der Waals surface area contributed by atoms with Gasteiger partial charge in [-0.3, -0.25) is 0 Å². The molecule has 3 rings (SSSR count). The van der Waals surface area contributed by atoms with Crippen molar-refractivity contribution in [1.29, 1.82) is 0 Å². The highest BCUT2D eigenvalue weighted by atomic mass is 35.5. The average molecular weight is 298 g/mol. The minimum atomic E-state index is 0.769. The smallest absolute Gasteiger partial charge is 0.0991 e. The zero-order chi connectivity index (χ0) is 14.7. The summed E-state index contributed by atoms with van der Waals surface area (Å²) in [5.74, 6) is 0. The first-order valence-electron chi connectivity index (χ1n) is 6.80. The third-order valence-electron chi connectivity index (χ3n) is 3.49. The van der Waals surface area contributed by atoms with Gasteiger partial charge in [-0.25, -0.2) is 4.98 Å². The van der Waals surface area contributed by atoms with Gasteiger partial charge in [-0.2, -0.15) is 0 Å². The van der Waals surface area contributed by atoms with Crippen LogP contribution in [-0.4, -0.2) is 9.55 Å². The summed E-state index contributed by atoms with van der Waals surface area (Å²) in [6.07, 6.45) is 5.50. The van der Waals surface area contributed by atoms with Crippen LogP contribution in [0.3, 0.4) is 0 Å². The lowest BCUT2D eigenvalue weighted by molar-refractivity contribution is 1.05. The first-order chi connectivity index (χ1) is 10.2. The van der Waals surface area contributed by atoms with Gasteiger partial charge in [0.15, 0.2) is 0 Å². The predicted molar refractivity (Wildman–Crippen MR) is 87.1 cm³/mol. The Hall–Kier alpha value is -2.26. The van der Waals surface area contributed by atoms with Gasteiger partial charge in [-0.15, -0.1) is 0 Å². The molecule has 0 aliphatic rings. The Morgan fingerprint density at radius 2 is 1.95 bits per heavy atom. The van der Waals surface area contributed by atoms with Gasteiger partial charge in [-0.1, -0.05) is 29.8 Å². The van der Waals surface area contributed by atoms with Crippen molar-refractivity contribution in [1.82, 2.24) is 9.55 Å². The van der Waals surface area contributed by atoms with Gasteiger partial charge in [0, 0.05) is 35.3 Å². The molecule has 0 fully saturated rings. The molecule has 0 unspecified atom stereocenters. The van der Waals surface area contributed by atoms with E-state index in [0.29, 0.717) is 0 Å². The van der Waals surface area contributed by atoms with E-state index < -0.39 is 0 Å². The highest BCUT2D eigenvalue weighted by Crippen LogP contribution is 2.23. The number of aromatic nitrogens is 2. The molecule has 0 spiro atoms. The van der Waals surface area contributed by atoms with E-state index in [9.17, 15) is 0 Å². The molecule has 1 aromatic heterocycles. The fraction of sp³-hybridized carbons (Fsp3) is 0.118. The lowest BCUT2D eigenvalue weighted by Crippen LogP contribution is -2.01. The summed E-state index contributed by atoms with van der Waals surface area (Å²) >= 11 is 6.12. The van der Waals surface area contributed by atoms with Gasteiger partial charge < -0.3 is 9.88 Å². The van der Waals surface area contributed by atoms with Crippen molar-refractivity contribution in [3.05, 3.63) is 77.3 Å². The van der Waals surface area contributed by atoms with Crippen LogP contribution in [0.2, 0.25) is 5.02 Å². The second-order valence-electron chi connectivity index (χ2n) is 4.90. The van der Waals surface area contributed by atoms with Crippen molar-refractivity contribution in [2.75, 3.05) is 5.32 Å². The summed E-state index contributed by atoms with van der Waals surface area (Å²) in [7, 11) is 0. The highest BCUT2D eigenvalue weighted by molar-refractivity contribution is 6.31. The number of hydrogen-bond acceptors (Lipinski definition) is 2. The standard InChI is InChI=1S/C17H16ClN3/c1-13-16(18)3-2-4-17(13)20-11-14-5-7-15(8-6-14)21-10-9-19-12-21/h2-10,12,20H,11H2,1H3. The van der Waals surface area contributed by atoms with Crippen molar-refractivity contribution in [3.8, 4) is 5.69 Å². The van der Waals surface area contributed by atoms with E-state index in [1.165, 1.54) is 5.56 Å². The largest absolute Gasteiger partial charge is 0.381 e. The van der Waals surface area contributed by atoms with E-state index in [1.807, 2.05) is 35.9 Å². The maximum atomic E-state index is 6.12. The highest BCUT2D eigenvalue weighted by Gasteiger charge is 2.02. The van der Waals surface area contributed by atoms with Gasteiger partial charge >= 0.3 is 0 Å². The molecule has 2 aromatic carbocycles. The van der Waals surface area contributed by atoms with Crippen LogP contribution in [0.15, 0.2) is 61.2 Å². The maximum absolute atomic E-state index is 6.12. The summed E-state index contributed by atoms with van der Waals surface area (Å²) in [6.45, 7) is 2.79. The van der Waals surface area contributed by atoms with Crippen LogP contribution in [0.1, 0.15) is 11.1 Å². The lowest BCUT2D eigenvalue weighted by Gasteiger charge is -2.11. The Balaban J connectivity index is 1.70. The van der Waals surface area contributed by atoms with E-state index in [4.69, 9.17) is 11.6 Å². The molecule has 106 valence electrons. The number of anilines is 1. The van der Waals surface area contributed by atoms with E-state index >= 15 is 0 Å². The van der Waals surface area contributed by atoms with Crippen LogP contribution in [0, 0.1) is 6.92 Å². The molecular weight excluding hydrogens is 282 g/mol. The fourth-order valence-electron chi connectivity index (χ4n) is 2.19. The monoisotopic (exact) mass is 297 g/mol. The van der Waals surface area contributed by atoms with Crippen LogP contribution in [0.25, 0.3) is 5.69 Å². The van der Waals surface area contributed by atoms with Crippen molar-refractivity contribution in [2.45, 2.75) is 13.5 Å². The number of rotatable bonds is 4. The number of halogens is 1. The average Bonchev–Trinajstić information content (AvgIpc) is 3.04. The van der Waals surface area contributed by atoms with Gasteiger partial charge in [0.25, 0.3) is 0 Å². The van der Waals surface area contributed by atoms with E-state index in [-0.39, 0.29) is 0 Å². The van der Waals surface area contributed by atoms with Gasteiger partial charge in [0.2, 0.25) is 0 Å². The molecule has 0 aliphatic carbocycles. The Kier molecular flexibility index (Phi) is 3.93. The first-order valence-corrected chi connectivity index (χ1v) is 7.18. The number of benzene rings is 2. The van der Waals surface area contributed by atoms with Gasteiger partial charge in [0.1, 0.15) is 0 Å². The zero-order valence-corrected chi connectivity index (χ0v) is 12.5. The number of hydrogen-bond donors (Lipinski definition) is 1. The Morgan fingerprint density at radius 3 is 2.67 bits per heavy atom. The topological polar surface area (TPSA) is 29.9 Å². The SMILES string of the molecule is Cc1c(Cl)cccc1NCc1ccc(-n2ccnc2)cc1. The molecule has 0 saturated carbocycles. The minimum absolute atomic E-state index is 0.769. The third kappa shape index (κ3) is 3.09. The van der Waals surface area contributed by atoms with Gasteiger partial charge in [-0.05, 0) is 42.3 Å². The normalized spacial score (nSPS) is 10.6. The second-order valence-corrected chi connectivity index (χ2v) is 5.31. The molecule has 3 aromatic rings. The molecule has 4 heteroatoms. The Labute approximate surface area is 129 Å². The van der Waals surface area contributed by atoms with E-state index in [0.717, 1.165) is 28.5 Å². The van der Waals surface area contributed by atoms with Crippen LogP contribution in [-0.2, 0) is 6.54 Å². The van der Waals surface area contributed by atoms with Crippen molar-refractivity contribution < 1.29 is 0 Å². The number of imidazole rings is 1. The Bertz CT molecular complexity index is 718. The molecule has 0 bridgehead atoms. The molecule has 0 saturated heterocycles. The molecular formula is C17H16ClN3. The van der Waals surface area contributed by atoms with Gasteiger partial charge in [0.05, 0.1) is 6.33 Å². The summed E-state index contributed by atoms with van der Waals surface area (Å²) in [4.78, 5) is 4.05. The summed E-state index contributed by atoms with van der Waals surface area (Å²) in [6, 6.07) is 14.3. The van der Waals surface area contributed by atoms with Crippen LogP contribution >= 0.6 is 11.6 Å². The maximum Gasteiger partial charge on any atom is 0.0991 e. The summed E-state index contributed by atoms with van der Waals surface area (Å²) in [5, 5.41) is 4.21. The van der Waals surface area contributed by atoms with E-state index in [1.54, 1.807) is 12.5 Å². The Morgan fingerprint density at radius 1 is 1.14 bits per heavy atom. The molecule has 1 N–H and O–H groups in total. The fourth-order valence-corrected chi connectivity index (χ4v) is 2.37. The number of nitrogens with one attached hydrogen (secondary N) is 1. The first kappa shape index (κ1) is 13.7. The van der Waals surface area contributed by atoms with Crippen LogP contribution in [0.5, 0.6) is 0 Å². The van der Waals surface area contributed by atoms with Crippen LogP contribution in [0.4, 0.5) is 5.69 Å². The molecule has 0 amide bonds. The molecule has 21 heavy (non-hydrogen) atoms.